The number of carbonyl (C=O) groups is 1. The molecule has 20 heavy (non-hydrogen) atoms. The fourth-order valence-electron chi connectivity index (χ4n) is 2.41. The molecule has 2 heterocycles. The van der Waals surface area contributed by atoms with Crippen molar-refractivity contribution < 1.29 is 9.53 Å². The summed E-state index contributed by atoms with van der Waals surface area (Å²) < 4.78 is 9.10. The van der Waals surface area contributed by atoms with Gasteiger partial charge in [0, 0.05) is 18.6 Å². The predicted octanol–water partition coefficient (Wildman–Crippen LogP) is 1.80. The number of hydrogen-bond donors (Lipinski definition) is 2. The topological polar surface area (TPSA) is 80.5 Å². The van der Waals surface area contributed by atoms with Crippen molar-refractivity contribution in [1.82, 2.24) is 9.27 Å². The molecule has 6 nitrogen and oxygen atoms in total. The van der Waals surface area contributed by atoms with Crippen LogP contribution < -0.4 is 11.1 Å². The number of carbonyl (C=O) groups excluding carboxylic acids is 1. The van der Waals surface area contributed by atoms with Crippen LogP contribution in [0.25, 0.3) is 0 Å². The van der Waals surface area contributed by atoms with Crippen LogP contribution in [0.4, 0.5) is 10.8 Å². The summed E-state index contributed by atoms with van der Waals surface area (Å²) in [7, 11) is 2.13. The minimum Gasteiger partial charge on any atom is -0.462 e. The standard InChI is InChI=1S/C13H22N4O2S/c1-4-19-13(18)10-11(14)16-20-12(10)15-9-5-6-17(3)8(2)7-9/h8-9,15H,4-7H2,1-3H3,(H2,14,16). The molecule has 1 saturated heterocycles. The van der Waals surface area contributed by atoms with Crippen LogP contribution in [-0.2, 0) is 4.74 Å². The van der Waals surface area contributed by atoms with Gasteiger partial charge in [-0.25, -0.2) is 4.79 Å². The predicted molar refractivity (Wildman–Crippen MR) is 81.2 cm³/mol. The molecule has 1 aliphatic heterocycles. The van der Waals surface area contributed by atoms with Crippen molar-refractivity contribution >= 4 is 28.3 Å². The number of aromatic nitrogens is 1. The Balaban J connectivity index is 2.08. The lowest BCUT2D eigenvalue weighted by Gasteiger charge is -2.35. The van der Waals surface area contributed by atoms with E-state index in [9.17, 15) is 4.79 Å². The highest BCUT2D eigenvalue weighted by atomic mass is 32.1. The summed E-state index contributed by atoms with van der Waals surface area (Å²) in [6, 6.07) is 0.867. The summed E-state index contributed by atoms with van der Waals surface area (Å²) in [4.78, 5) is 14.3. The smallest absolute Gasteiger partial charge is 0.344 e. The van der Waals surface area contributed by atoms with Crippen LogP contribution in [0.3, 0.4) is 0 Å². The summed E-state index contributed by atoms with van der Waals surface area (Å²) in [5.41, 5.74) is 6.16. The number of rotatable bonds is 4. The van der Waals surface area contributed by atoms with Crippen molar-refractivity contribution in [3.05, 3.63) is 5.56 Å². The lowest BCUT2D eigenvalue weighted by Crippen LogP contribution is -2.42. The fraction of sp³-hybridized carbons (Fsp3) is 0.692. The van der Waals surface area contributed by atoms with Crippen molar-refractivity contribution in [2.24, 2.45) is 0 Å². The van der Waals surface area contributed by atoms with Gasteiger partial charge >= 0.3 is 5.97 Å². The molecule has 0 spiro atoms. The van der Waals surface area contributed by atoms with Gasteiger partial charge < -0.3 is 20.7 Å². The highest BCUT2D eigenvalue weighted by molar-refractivity contribution is 7.11. The Morgan fingerprint density at radius 3 is 3.05 bits per heavy atom. The summed E-state index contributed by atoms with van der Waals surface area (Å²) in [5.74, 6) is -0.154. The molecule has 1 aliphatic rings. The first-order chi connectivity index (χ1) is 9.52. The van der Waals surface area contributed by atoms with Gasteiger partial charge in [0.15, 0.2) is 5.82 Å². The minimum atomic E-state index is -0.401. The first-order valence-electron chi connectivity index (χ1n) is 6.92. The number of hydrogen-bond acceptors (Lipinski definition) is 7. The maximum Gasteiger partial charge on any atom is 0.344 e. The molecule has 112 valence electrons. The van der Waals surface area contributed by atoms with Crippen LogP contribution in [0.5, 0.6) is 0 Å². The highest BCUT2D eigenvalue weighted by Gasteiger charge is 2.26. The van der Waals surface area contributed by atoms with Crippen molar-refractivity contribution in [2.45, 2.75) is 38.8 Å². The van der Waals surface area contributed by atoms with E-state index in [0.717, 1.165) is 24.4 Å². The largest absolute Gasteiger partial charge is 0.462 e. The van der Waals surface area contributed by atoms with Gasteiger partial charge in [0.2, 0.25) is 0 Å². The maximum absolute atomic E-state index is 11.9. The van der Waals surface area contributed by atoms with Crippen molar-refractivity contribution in [3.63, 3.8) is 0 Å². The van der Waals surface area contributed by atoms with Gasteiger partial charge in [-0.2, -0.15) is 4.37 Å². The maximum atomic E-state index is 11.9. The van der Waals surface area contributed by atoms with Crippen LogP contribution in [0.15, 0.2) is 0 Å². The Kier molecular flexibility index (Phi) is 4.82. The normalized spacial score (nSPS) is 23.6. The molecule has 0 amide bonds. The molecule has 1 aromatic rings. The van der Waals surface area contributed by atoms with Crippen molar-refractivity contribution in [1.29, 1.82) is 0 Å². The third-order valence-electron chi connectivity index (χ3n) is 3.74. The van der Waals surface area contributed by atoms with E-state index in [4.69, 9.17) is 10.5 Å². The molecule has 0 aromatic carbocycles. The van der Waals surface area contributed by atoms with E-state index < -0.39 is 5.97 Å². The van der Waals surface area contributed by atoms with Crippen LogP contribution in [0.1, 0.15) is 37.0 Å². The molecule has 0 aliphatic carbocycles. The number of ether oxygens (including phenoxy) is 1. The molecule has 7 heteroatoms. The first kappa shape index (κ1) is 15.1. The minimum absolute atomic E-state index is 0.247. The van der Waals surface area contributed by atoms with Gasteiger partial charge in [0.25, 0.3) is 0 Å². The average molecular weight is 298 g/mol. The Morgan fingerprint density at radius 2 is 2.40 bits per heavy atom. The van der Waals surface area contributed by atoms with Crippen molar-refractivity contribution in [3.8, 4) is 0 Å². The molecular formula is C13H22N4O2S. The SMILES string of the molecule is CCOC(=O)c1c(N)nsc1NC1CCN(C)C(C)C1. The Labute approximate surface area is 123 Å². The molecule has 1 fully saturated rings. The lowest BCUT2D eigenvalue weighted by molar-refractivity contribution is 0.0529. The van der Waals surface area contributed by atoms with E-state index in [-0.39, 0.29) is 5.82 Å². The second kappa shape index (κ2) is 6.41. The van der Waals surface area contributed by atoms with Gasteiger partial charge in [0.1, 0.15) is 10.6 Å². The van der Waals surface area contributed by atoms with Crippen LogP contribution >= 0.6 is 11.5 Å². The number of nitrogen functional groups attached to an aromatic ring is 1. The number of piperidine rings is 1. The van der Waals surface area contributed by atoms with E-state index >= 15 is 0 Å². The van der Waals surface area contributed by atoms with Crippen LogP contribution in [-0.4, -0.2) is 47.5 Å². The average Bonchev–Trinajstić information content (AvgIpc) is 2.75. The van der Waals surface area contributed by atoms with E-state index in [1.807, 2.05) is 0 Å². The number of esters is 1. The molecular weight excluding hydrogens is 276 g/mol. The van der Waals surface area contributed by atoms with E-state index in [1.54, 1.807) is 6.92 Å². The van der Waals surface area contributed by atoms with Gasteiger partial charge in [0.05, 0.1) is 6.61 Å². The third-order valence-corrected chi connectivity index (χ3v) is 4.53. The molecule has 2 unspecified atom stereocenters. The molecule has 0 saturated carbocycles. The summed E-state index contributed by atoms with van der Waals surface area (Å²) in [6.07, 6.45) is 2.08. The molecule has 2 rings (SSSR count). The Morgan fingerprint density at radius 1 is 1.65 bits per heavy atom. The number of anilines is 2. The summed E-state index contributed by atoms with van der Waals surface area (Å²) in [5, 5.41) is 4.13. The highest BCUT2D eigenvalue weighted by Crippen LogP contribution is 2.30. The van der Waals surface area contributed by atoms with Gasteiger partial charge in [-0.1, -0.05) is 0 Å². The zero-order valence-corrected chi connectivity index (χ0v) is 13.0. The van der Waals surface area contributed by atoms with Gasteiger partial charge in [-0.15, -0.1) is 0 Å². The molecule has 0 bridgehead atoms. The second-order valence-corrected chi connectivity index (χ2v) is 5.96. The van der Waals surface area contributed by atoms with Gasteiger partial charge in [-0.05, 0) is 45.3 Å². The lowest BCUT2D eigenvalue weighted by atomic mass is 9.99. The van der Waals surface area contributed by atoms with E-state index in [2.05, 4.69) is 28.6 Å². The van der Waals surface area contributed by atoms with E-state index in [0.29, 0.717) is 24.3 Å². The van der Waals surface area contributed by atoms with Crippen LogP contribution in [0.2, 0.25) is 0 Å². The molecule has 2 atom stereocenters. The number of nitrogens with one attached hydrogen (secondary N) is 1. The van der Waals surface area contributed by atoms with Crippen molar-refractivity contribution in [2.75, 3.05) is 31.2 Å². The summed E-state index contributed by atoms with van der Waals surface area (Å²) in [6.45, 7) is 5.36. The fourth-order valence-corrected chi connectivity index (χ4v) is 3.19. The Hall–Kier alpha value is -1.34. The zero-order chi connectivity index (χ0) is 14.7. The number of nitrogens with zero attached hydrogens (tertiary/aromatic N) is 2. The monoisotopic (exact) mass is 298 g/mol. The molecule has 1 aromatic heterocycles. The van der Waals surface area contributed by atoms with E-state index in [1.165, 1.54) is 11.5 Å². The molecule has 0 radical (unpaired) electrons. The van der Waals surface area contributed by atoms with Crippen LogP contribution in [0, 0.1) is 0 Å². The quantitative estimate of drug-likeness (QED) is 0.825. The van der Waals surface area contributed by atoms with Gasteiger partial charge in [-0.3, -0.25) is 0 Å². The third kappa shape index (κ3) is 3.21. The number of likely N-dealkylation sites (tertiary alicyclic amines) is 1. The molecule has 3 N–H and O–H groups in total. The summed E-state index contributed by atoms with van der Waals surface area (Å²) >= 11 is 1.23. The zero-order valence-electron chi connectivity index (χ0n) is 12.2. The first-order valence-corrected chi connectivity index (χ1v) is 7.69. The second-order valence-electron chi connectivity index (χ2n) is 5.19. The Bertz CT molecular complexity index is 477. The number of nitrogens with two attached hydrogens (primary N) is 1.